The number of benzene rings is 1. The molecular formula is C12H13N3O2. The highest BCUT2D eigenvalue weighted by Crippen LogP contribution is 2.21. The topological polar surface area (TPSA) is 67.9 Å². The van der Waals surface area contributed by atoms with Gasteiger partial charge in [0.25, 0.3) is 0 Å². The van der Waals surface area contributed by atoms with Gasteiger partial charge in [-0.15, -0.1) is 0 Å². The summed E-state index contributed by atoms with van der Waals surface area (Å²) in [6.07, 6.45) is 1.41. The van der Waals surface area contributed by atoms with Crippen molar-refractivity contribution < 1.29 is 9.53 Å². The molecule has 2 rings (SSSR count). The molecule has 0 aliphatic heterocycles. The Bertz CT molecular complexity index is 506. The molecule has 0 saturated heterocycles. The fourth-order valence-electron chi connectivity index (χ4n) is 1.46. The minimum Gasteiger partial charge on any atom is -0.490 e. The standard InChI is InChI=1S/C12H13N3O2/c1-8(2)17-11-6-4-3-5-9(11)12(16)10-7-13-15-14-10/h3-8H,1-2H3,(H,13,14,15). The maximum absolute atomic E-state index is 12.1. The zero-order chi connectivity index (χ0) is 12.3. The van der Waals surface area contributed by atoms with Gasteiger partial charge in [0, 0.05) is 0 Å². The van der Waals surface area contributed by atoms with Crippen LogP contribution >= 0.6 is 0 Å². The number of ketones is 1. The van der Waals surface area contributed by atoms with Crippen molar-refractivity contribution >= 4 is 5.78 Å². The van der Waals surface area contributed by atoms with Crippen LogP contribution in [-0.2, 0) is 0 Å². The van der Waals surface area contributed by atoms with Gasteiger partial charge in [0.1, 0.15) is 5.75 Å². The molecule has 0 aliphatic carbocycles. The van der Waals surface area contributed by atoms with Crippen LogP contribution in [0, 0.1) is 0 Å². The van der Waals surface area contributed by atoms with E-state index >= 15 is 0 Å². The van der Waals surface area contributed by atoms with E-state index in [0.717, 1.165) is 0 Å². The van der Waals surface area contributed by atoms with Gasteiger partial charge in [-0.25, -0.2) is 0 Å². The number of rotatable bonds is 4. The number of nitrogens with zero attached hydrogens (tertiary/aromatic N) is 2. The lowest BCUT2D eigenvalue weighted by Gasteiger charge is -2.12. The number of carbonyl (C=O) groups excluding carboxylic acids is 1. The molecular weight excluding hydrogens is 218 g/mol. The van der Waals surface area contributed by atoms with E-state index in [1.807, 2.05) is 19.9 Å². The maximum atomic E-state index is 12.1. The number of para-hydroxylation sites is 1. The van der Waals surface area contributed by atoms with Crippen molar-refractivity contribution in [2.24, 2.45) is 0 Å². The average Bonchev–Trinajstić information content (AvgIpc) is 2.81. The first-order valence-corrected chi connectivity index (χ1v) is 5.34. The quantitative estimate of drug-likeness (QED) is 0.815. The van der Waals surface area contributed by atoms with Crippen molar-refractivity contribution in [2.45, 2.75) is 20.0 Å². The Kier molecular flexibility index (Phi) is 3.18. The van der Waals surface area contributed by atoms with E-state index in [-0.39, 0.29) is 17.6 Å². The van der Waals surface area contributed by atoms with Gasteiger partial charge in [-0.1, -0.05) is 12.1 Å². The van der Waals surface area contributed by atoms with E-state index in [2.05, 4.69) is 15.4 Å². The van der Waals surface area contributed by atoms with Crippen LogP contribution in [-0.4, -0.2) is 27.3 Å². The molecule has 2 aromatic rings. The highest BCUT2D eigenvalue weighted by Gasteiger charge is 2.16. The van der Waals surface area contributed by atoms with E-state index in [4.69, 9.17) is 4.74 Å². The van der Waals surface area contributed by atoms with Crippen LogP contribution in [0.5, 0.6) is 5.75 Å². The summed E-state index contributed by atoms with van der Waals surface area (Å²) in [5.74, 6) is 0.366. The van der Waals surface area contributed by atoms with Crippen molar-refractivity contribution in [1.29, 1.82) is 0 Å². The normalized spacial score (nSPS) is 10.5. The molecule has 0 radical (unpaired) electrons. The van der Waals surface area contributed by atoms with Crippen molar-refractivity contribution in [1.82, 2.24) is 15.4 Å². The molecule has 0 fully saturated rings. The predicted molar refractivity (Wildman–Crippen MR) is 62.0 cm³/mol. The third-order valence-electron chi connectivity index (χ3n) is 2.14. The number of aromatic amines is 1. The van der Waals surface area contributed by atoms with Crippen LogP contribution in [0.3, 0.4) is 0 Å². The molecule has 17 heavy (non-hydrogen) atoms. The summed E-state index contributed by atoms with van der Waals surface area (Å²) in [4.78, 5) is 12.1. The number of hydrogen-bond donors (Lipinski definition) is 1. The average molecular weight is 231 g/mol. The molecule has 0 atom stereocenters. The van der Waals surface area contributed by atoms with Crippen LogP contribution in [0.4, 0.5) is 0 Å². The van der Waals surface area contributed by atoms with E-state index in [1.165, 1.54) is 6.20 Å². The molecule has 0 spiro atoms. The lowest BCUT2D eigenvalue weighted by Crippen LogP contribution is -2.10. The van der Waals surface area contributed by atoms with Crippen molar-refractivity contribution in [3.63, 3.8) is 0 Å². The van der Waals surface area contributed by atoms with E-state index in [9.17, 15) is 4.79 Å². The maximum Gasteiger partial charge on any atom is 0.218 e. The highest BCUT2D eigenvalue weighted by atomic mass is 16.5. The third kappa shape index (κ3) is 2.50. The second-order valence-corrected chi connectivity index (χ2v) is 3.85. The van der Waals surface area contributed by atoms with E-state index in [0.29, 0.717) is 11.3 Å². The Morgan fingerprint density at radius 1 is 1.35 bits per heavy atom. The summed E-state index contributed by atoms with van der Waals surface area (Å²) in [5, 5.41) is 9.81. The van der Waals surface area contributed by atoms with Crippen LogP contribution in [0.25, 0.3) is 0 Å². The summed E-state index contributed by atoms with van der Waals surface area (Å²) < 4.78 is 5.59. The number of ether oxygens (including phenoxy) is 1. The van der Waals surface area contributed by atoms with Crippen LogP contribution in [0.1, 0.15) is 29.9 Å². The molecule has 88 valence electrons. The summed E-state index contributed by atoms with van der Waals surface area (Å²) in [6.45, 7) is 3.83. The second-order valence-electron chi connectivity index (χ2n) is 3.85. The first-order chi connectivity index (χ1) is 8.18. The molecule has 5 heteroatoms. The summed E-state index contributed by atoms with van der Waals surface area (Å²) >= 11 is 0. The number of H-pyrrole nitrogens is 1. The van der Waals surface area contributed by atoms with Gasteiger partial charge >= 0.3 is 0 Å². The zero-order valence-electron chi connectivity index (χ0n) is 9.68. The Morgan fingerprint density at radius 3 is 2.76 bits per heavy atom. The van der Waals surface area contributed by atoms with Gasteiger partial charge in [-0.3, -0.25) is 4.79 Å². The summed E-state index contributed by atoms with van der Waals surface area (Å²) in [7, 11) is 0. The smallest absolute Gasteiger partial charge is 0.218 e. The van der Waals surface area contributed by atoms with Gasteiger partial charge in [-0.05, 0) is 26.0 Å². The fourth-order valence-corrected chi connectivity index (χ4v) is 1.46. The fraction of sp³-hybridized carbons (Fsp3) is 0.250. The number of nitrogens with one attached hydrogen (secondary N) is 1. The van der Waals surface area contributed by atoms with Crippen LogP contribution in [0.15, 0.2) is 30.5 Å². The van der Waals surface area contributed by atoms with Gasteiger partial charge in [0.05, 0.1) is 17.9 Å². The molecule has 1 aromatic carbocycles. The van der Waals surface area contributed by atoms with E-state index < -0.39 is 0 Å². The Hall–Kier alpha value is -2.17. The molecule has 0 amide bonds. The molecule has 0 unspecified atom stereocenters. The van der Waals surface area contributed by atoms with Gasteiger partial charge < -0.3 is 4.74 Å². The first-order valence-electron chi connectivity index (χ1n) is 5.34. The van der Waals surface area contributed by atoms with Gasteiger partial charge in [-0.2, -0.15) is 15.4 Å². The molecule has 1 aromatic heterocycles. The molecule has 0 bridgehead atoms. The molecule has 0 saturated carbocycles. The Labute approximate surface area is 98.8 Å². The van der Waals surface area contributed by atoms with Crippen molar-refractivity contribution in [3.05, 3.63) is 41.7 Å². The lowest BCUT2D eigenvalue weighted by atomic mass is 10.1. The molecule has 0 aliphatic rings. The van der Waals surface area contributed by atoms with Crippen LogP contribution in [0.2, 0.25) is 0 Å². The molecule has 1 heterocycles. The van der Waals surface area contributed by atoms with Crippen molar-refractivity contribution in [3.8, 4) is 5.75 Å². The highest BCUT2D eigenvalue weighted by molar-refractivity contribution is 6.09. The largest absolute Gasteiger partial charge is 0.490 e. The lowest BCUT2D eigenvalue weighted by molar-refractivity contribution is 0.102. The SMILES string of the molecule is CC(C)Oc1ccccc1C(=O)c1cn[nH]n1. The minimum atomic E-state index is -0.199. The van der Waals surface area contributed by atoms with Crippen LogP contribution < -0.4 is 4.74 Å². The first kappa shape index (κ1) is 11.3. The third-order valence-corrected chi connectivity index (χ3v) is 2.14. The zero-order valence-corrected chi connectivity index (χ0v) is 9.68. The molecule has 1 N–H and O–H groups in total. The summed E-state index contributed by atoms with van der Waals surface area (Å²) in [5.41, 5.74) is 0.778. The predicted octanol–water partition coefficient (Wildman–Crippen LogP) is 1.82. The second kappa shape index (κ2) is 4.78. The minimum absolute atomic E-state index is 0.0151. The summed E-state index contributed by atoms with van der Waals surface area (Å²) in [6, 6.07) is 7.11. The number of carbonyl (C=O) groups is 1. The monoisotopic (exact) mass is 231 g/mol. The Balaban J connectivity index is 2.35. The number of aromatic nitrogens is 3. The van der Waals surface area contributed by atoms with Gasteiger partial charge in [0.15, 0.2) is 5.69 Å². The van der Waals surface area contributed by atoms with Gasteiger partial charge in [0.2, 0.25) is 5.78 Å². The number of hydrogen-bond acceptors (Lipinski definition) is 4. The Morgan fingerprint density at radius 2 is 2.12 bits per heavy atom. The van der Waals surface area contributed by atoms with Crippen molar-refractivity contribution in [2.75, 3.05) is 0 Å². The molecule has 5 nitrogen and oxygen atoms in total. The van der Waals surface area contributed by atoms with E-state index in [1.54, 1.807) is 18.2 Å².